The summed E-state index contributed by atoms with van der Waals surface area (Å²) in [5.74, 6) is 2.26. The molecule has 0 unspecified atom stereocenters. The normalized spacial score (nSPS) is 11.7. The van der Waals surface area contributed by atoms with Gasteiger partial charge in [-0.1, -0.05) is 100 Å². The third-order valence-electron chi connectivity index (χ3n) is 10.9. The summed E-state index contributed by atoms with van der Waals surface area (Å²) in [6.45, 7) is 13.5. The molecular formula is C48H48N4O+2. The van der Waals surface area contributed by atoms with Crippen molar-refractivity contribution in [3.63, 3.8) is 0 Å². The van der Waals surface area contributed by atoms with E-state index in [2.05, 4.69) is 207 Å². The third-order valence-corrected chi connectivity index (χ3v) is 10.9. The van der Waals surface area contributed by atoms with Gasteiger partial charge in [0.25, 0.3) is 0 Å². The van der Waals surface area contributed by atoms with Crippen molar-refractivity contribution in [2.24, 2.45) is 14.1 Å². The Bertz CT molecular complexity index is 2470. The summed E-state index contributed by atoms with van der Waals surface area (Å²) in [4.78, 5) is 0. The first-order valence-corrected chi connectivity index (χ1v) is 18.7. The molecule has 0 saturated carbocycles. The molecule has 0 aliphatic rings. The van der Waals surface area contributed by atoms with E-state index in [-0.39, 0.29) is 0 Å². The predicted octanol–water partition coefficient (Wildman–Crippen LogP) is 11.2. The van der Waals surface area contributed by atoms with E-state index >= 15 is 0 Å². The van der Waals surface area contributed by atoms with E-state index in [4.69, 9.17) is 4.74 Å². The van der Waals surface area contributed by atoms with Crippen molar-refractivity contribution in [2.75, 3.05) is 0 Å². The summed E-state index contributed by atoms with van der Waals surface area (Å²) in [5.41, 5.74) is 14.4. The second kappa shape index (κ2) is 13.6. The van der Waals surface area contributed by atoms with Gasteiger partial charge in [-0.25, -0.2) is 0 Å². The van der Waals surface area contributed by atoms with Crippen LogP contribution in [0.2, 0.25) is 0 Å². The summed E-state index contributed by atoms with van der Waals surface area (Å²) < 4.78 is 16.2. The highest BCUT2D eigenvalue weighted by Crippen LogP contribution is 2.39. The van der Waals surface area contributed by atoms with Crippen LogP contribution in [-0.4, -0.2) is 9.13 Å². The monoisotopic (exact) mass is 696 g/mol. The molecule has 0 N–H and O–H groups in total. The lowest BCUT2D eigenvalue weighted by Crippen LogP contribution is -2.37. The van der Waals surface area contributed by atoms with Gasteiger partial charge in [-0.15, -0.1) is 0 Å². The number of aromatic nitrogens is 4. The molecule has 0 aliphatic heterocycles. The second-order valence-electron chi connectivity index (χ2n) is 14.8. The summed E-state index contributed by atoms with van der Waals surface area (Å²) in [6.07, 6.45) is 0. The molecule has 0 saturated heterocycles. The number of pyridine rings is 2. The molecule has 53 heavy (non-hydrogen) atoms. The van der Waals surface area contributed by atoms with Crippen LogP contribution in [-0.2, 0) is 14.1 Å². The number of para-hydroxylation sites is 4. The van der Waals surface area contributed by atoms with Crippen molar-refractivity contribution in [3.8, 4) is 45.9 Å². The molecule has 0 bridgehead atoms. The van der Waals surface area contributed by atoms with Crippen LogP contribution in [0, 0.1) is 13.8 Å². The van der Waals surface area contributed by atoms with Crippen LogP contribution < -0.4 is 13.9 Å². The summed E-state index contributed by atoms with van der Waals surface area (Å²) in [7, 11) is 4.21. The highest BCUT2D eigenvalue weighted by atomic mass is 16.5. The molecule has 0 atom stereocenters. The number of aryl methyl sites for hydroxylation is 2. The van der Waals surface area contributed by atoms with E-state index in [0.717, 1.165) is 34.5 Å². The van der Waals surface area contributed by atoms with Crippen molar-refractivity contribution < 1.29 is 13.9 Å². The van der Waals surface area contributed by atoms with E-state index in [1.807, 2.05) is 0 Å². The molecule has 8 aromatic rings. The van der Waals surface area contributed by atoms with Crippen LogP contribution in [0.3, 0.4) is 0 Å². The minimum Gasteiger partial charge on any atom is -0.348 e. The molecule has 0 fully saturated rings. The zero-order valence-corrected chi connectivity index (χ0v) is 32.1. The molecule has 5 nitrogen and oxygen atoms in total. The summed E-state index contributed by atoms with van der Waals surface area (Å²) >= 11 is 0. The van der Waals surface area contributed by atoms with Crippen molar-refractivity contribution in [1.29, 1.82) is 0 Å². The lowest BCUT2D eigenvalue weighted by atomic mass is 10.0. The maximum atomic E-state index is 6.91. The lowest BCUT2D eigenvalue weighted by molar-refractivity contribution is -0.685. The average Bonchev–Trinajstić information content (AvgIpc) is 3.63. The number of nitrogens with zero attached hydrogens (tertiary/aromatic N) is 4. The maximum absolute atomic E-state index is 6.91. The van der Waals surface area contributed by atoms with Gasteiger partial charge in [0.15, 0.2) is 0 Å². The molecule has 4 aromatic heterocycles. The van der Waals surface area contributed by atoms with Crippen LogP contribution in [0.5, 0.6) is 11.8 Å². The first-order chi connectivity index (χ1) is 25.7. The van der Waals surface area contributed by atoms with Gasteiger partial charge in [-0.3, -0.25) is 0 Å². The fourth-order valence-electron chi connectivity index (χ4n) is 8.19. The number of benzene rings is 4. The van der Waals surface area contributed by atoms with E-state index in [9.17, 15) is 0 Å². The molecule has 0 radical (unpaired) electrons. The highest BCUT2D eigenvalue weighted by molar-refractivity contribution is 5.94. The first kappa shape index (κ1) is 34.2. The summed E-state index contributed by atoms with van der Waals surface area (Å²) in [5, 5.41) is 2.49. The quantitative estimate of drug-likeness (QED) is 0.145. The highest BCUT2D eigenvalue weighted by Gasteiger charge is 2.30. The van der Waals surface area contributed by atoms with E-state index in [1.165, 1.54) is 55.4 Å². The van der Waals surface area contributed by atoms with Gasteiger partial charge in [0, 0.05) is 34.3 Å². The minimum absolute atomic E-state index is 0.373. The van der Waals surface area contributed by atoms with Crippen LogP contribution in [0.15, 0.2) is 133 Å². The topological polar surface area (TPSA) is 26.8 Å². The van der Waals surface area contributed by atoms with Crippen LogP contribution >= 0.6 is 0 Å². The average molecular weight is 697 g/mol. The predicted molar refractivity (Wildman–Crippen MR) is 217 cm³/mol. The number of rotatable bonds is 8. The smallest absolute Gasteiger partial charge is 0.348 e. The number of fused-ring (bicyclic) bond motifs is 2. The Labute approximate surface area is 313 Å². The van der Waals surface area contributed by atoms with Crippen LogP contribution in [0.1, 0.15) is 61.8 Å². The molecule has 5 heteroatoms. The minimum atomic E-state index is 0.373. The number of hydrogen-bond donors (Lipinski definition) is 0. The van der Waals surface area contributed by atoms with Gasteiger partial charge < -0.3 is 13.9 Å². The number of ether oxygens (including phenoxy) is 1. The Morgan fingerprint density at radius 1 is 0.453 bits per heavy atom. The fraction of sp³-hybridized carbons (Fsp3) is 0.208. The molecule has 0 spiro atoms. The van der Waals surface area contributed by atoms with Crippen molar-refractivity contribution >= 4 is 21.8 Å². The van der Waals surface area contributed by atoms with Gasteiger partial charge in [-0.2, -0.15) is 9.13 Å². The zero-order valence-electron chi connectivity index (χ0n) is 32.1. The standard InChI is InChI=1S/C48H48N4O/c1-31(2)35-19-9-13-23-39(35)51-41-25-15-11-21-37(41)33(5)47(51)43-27-17-29-45(49(43)7)53-46-30-18-28-44(50(46)8)48-34(6)38-22-12-16-26-42(38)52(48)40-24-14-10-20-36(40)32(3)4/h9-32H,1-8H3/q+2. The lowest BCUT2D eigenvalue weighted by Gasteiger charge is -2.18. The molecule has 0 amide bonds. The van der Waals surface area contributed by atoms with Gasteiger partial charge in [0.2, 0.25) is 11.4 Å². The SMILES string of the molecule is Cc1c(-c2cccc(Oc3cccc(-c4c(C)c5ccccc5n4-c4ccccc4C(C)C)[n+]3C)[n+]2C)n(-c2ccccc2C(C)C)c2ccccc12. The van der Waals surface area contributed by atoms with Crippen LogP contribution in [0.4, 0.5) is 0 Å². The molecule has 4 heterocycles. The van der Waals surface area contributed by atoms with E-state index in [0.29, 0.717) is 11.8 Å². The van der Waals surface area contributed by atoms with Gasteiger partial charge in [0.05, 0.1) is 23.2 Å². The summed E-state index contributed by atoms with van der Waals surface area (Å²) in [6, 6.07) is 47.8. The van der Waals surface area contributed by atoms with E-state index in [1.54, 1.807) is 0 Å². The third kappa shape index (κ3) is 5.63. The van der Waals surface area contributed by atoms with Gasteiger partial charge in [0.1, 0.15) is 25.5 Å². The van der Waals surface area contributed by atoms with Gasteiger partial charge in [-0.05, 0) is 84.3 Å². The van der Waals surface area contributed by atoms with Crippen LogP contribution in [0.25, 0.3) is 56.0 Å². The Morgan fingerprint density at radius 3 is 1.25 bits per heavy atom. The molecular weight excluding hydrogens is 649 g/mol. The fourth-order valence-corrected chi connectivity index (χ4v) is 8.19. The largest absolute Gasteiger partial charge is 0.377 e. The second-order valence-corrected chi connectivity index (χ2v) is 14.8. The Morgan fingerprint density at radius 2 is 0.830 bits per heavy atom. The van der Waals surface area contributed by atoms with E-state index < -0.39 is 0 Å². The number of hydrogen-bond acceptors (Lipinski definition) is 1. The van der Waals surface area contributed by atoms with Crippen molar-refractivity contribution in [3.05, 3.63) is 156 Å². The van der Waals surface area contributed by atoms with Crippen molar-refractivity contribution in [2.45, 2.75) is 53.4 Å². The zero-order chi connectivity index (χ0) is 37.0. The first-order valence-electron chi connectivity index (χ1n) is 18.7. The molecule has 8 rings (SSSR count). The Balaban J connectivity index is 1.28. The van der Waals surface area contributed by atoms with Gasteiger partial charge >= 0.3 is 11.8 Å². The molecule has 264 valence electrons. The Hall–Kier alpha value is -5.94. The van der Waals surface area contributed by atoms with Crippen molar-refractivity contribution in [1.82, 2.24) is 9.13 Å². The Kier molecular flexibility index (Phi) is 8.74. The molecule has 0 aliphatic carbocycles. The molecule has 4 aromatic carbocycles. The maximum Gasteiger partial charge on any atom is 0.377 e.